The molecular weight excluding hydrogens is 200 g/mol. The number of carbonyl (C=O) groups excluding carboxylic acids is 1. The molecule has 0 aromatic carbocycles. The number of nitrogens with zero attached hydrogens (tertiary/aromatic N) is 1. The summed E-state index contributed by atoms with van der Waals surface area (Å²) in [6, 6.07) is 0. The van der Waals surface area contributed by atoms with E-state index in [0.717, 1.165) is 19.5 Å². The summed E-state index contributed by atoms with van der Waals surface area (Å²) in [6.45, 7) is 1.65. The minimum Gasteiger partial charge on any atom is -0.469 e. The molecule has 0 amide bonds. The van der Waals surface area contributed by atoms with E-state index in [9.17, 15) is 4.79 Å². The number of esters is 1. The fourth-order valence-electron chi connectivity index (χ4n) is 1.00. The number of nitrogens with one attached hydrogen (secondary N) is 1. The number of thiazole rings is 1. The molecule has 0 bridgehead atoms. The van der Waals surface area contributed by atoms with Gasteiger partial charge in [-0.1, -0.05) is 0 Å². The molecular formula is C9H14N2O2S. The van der Waals surface area contributed by atoms with Gasteiger partial charge in [-0.2, -0.15) is 0 Å². The maximum atomic E-state index is 10.7. The Hall–Kier alpha value is -0.940. The summed E-state index contributed by atoms with van der Waals surface area (Å²) in [7, 11) is 1.41. The number of methoxy groups -OCH3 is 1. The molecule has 0 radical (unpaired) electrons. The first-order valence-corrected chi connectivity index (χ1v) is 5.36. The molecule has 1 aromatic rings. The fourth-order valence-corrected chi connectivity index (χ4v) is 1.57. The summed E-state index contributed by atoms with van der Waals surface area (Å²) < 4.78 is 4.53. The maximum Gasteiger partial charge on any atom is 0.305 e. The van der Waals surface area contributed by atoms with Crippen molar-refractivity contribution in [2.75, 3.05) is 13.7 Å². The second kappa shape index (κ2) is 6.50. The highest BCUT2D eigenvalue weighted by molar-refractivity contribution is 7.09. The summed E-state index contributed by atoms with van der Waals surface area (Å²) in [5.41, 5.74) is 1.81. The van der Waals surface area contributed by atoms with Crippen molar-refractivity contribution in [3.05, 3.63) is 16.6 Å². The zero-order valence-electron chi connectivity index (χ0n) is 8.16. The van der Waals surface area contributed by atoms with E-state index >= 15 is 0 Å². The van der Waals surface area contributed by atoms with Gasteiger partial charge in [0, 0.05) is 24.0 Å². The highest BCUT2D eigenvalue weighted by Gasteiger charge is 1.99. The summed E-state index contributed by atoms with van der Waals surface area (Å²) >= 11 is 1.63. The van der Waals surface area contributed by atoms with Crippen LogP contribution in [0.4, 0.5) is 0 Å². The molecule has 0 aliphatic heterocycles. The quantitative estimate of drug-likeness (QED) is 0.571. The SMILES string of the molecule is COC(=O)CCCNCc1cncs1. The summed E-state index contributed by atoms with van der Waals surface area (Å²) in [5, 5.41) is 3.23. The van der Waals surface area contributed by atoms with Crippen molar-refractivity contribution in [3.63, 3.8) is 0 Å². The lowest BCUT2D eigenvalue weighted by Crippen LogP contribution is -2.15. The second-order valence-corrected chi connectivity index (χ2v) is 3.80. The molecule has 1 aromatic heterocycles. The van der Waals surface area contributed by atoms with Crippen molar-refractivity contribution in [1.29, 1.82) is 0 Å². The fraction of sp³-hybridized carbons (Fsp3) is 0.556. The molecule has 1 N–H and O–H groups in total. The topological polar surface area (TPSA) is 51.2 Å². The van der Waals surface area contributed by atoms with Crippen molar-refractivity contribution >= 4 is 17.3 Å². The Morgan fingerprint density at radius 1 is 1.71 bits per heavy atom. The molecule has 5 heteroatoms. The molecule has 4 nitrogen and oxygen atoms in total. The van der Waals surface area contributed by atoms with E-state index in [1.165, 1.54) is 12.0 Å². The van der Waals surface area contributed by atoms with Gasteiger partial charge < -0.3 is 10.1 Å². The van der Waals surface area contributed by atoms with E-state index in [1.807, 2.05) is 11.7 Å². The van der Waals surface area contributed by atoms with E-state index < -0.39 is 0 Å². The van der Waals surface area contributed by atoms with Gasteiger partial charge in [0.05, 0.1) is 12.6 Å². The van der Waals surface area contributed by atoms with E-state index in [4.69, 9.17) is 0 Å². The lowest BCUT2D eigenvalue weighted by atomic mass is 10.3. The van der Waals surface area contributed by atoms with E-state index in [0.29, 0.717) is 6.42 Å². The smallest absolute Gasteiger partial charge is 0.305 e. The standard InChI is InChI=1S/C9H14N2O2S/c1-13-9(12)3-2-4-10-5-8-6-11-7-14-8/h6-7,10H,2-5H2,1H3. The average Bonchev–Trinajstić information content (AvgIpc) is 2.69. The lowest BCUT2D eigenvalue weighted by Gasteiger charge is -2.01. The molecule has 1 rings (SSSR count). The van der Waals surface area contributed by atoms with Gasteiger partial charge in [0.2, 0.25) is 0 Å². The Morgan fingerprint density at radius 3 is 3.21 bits per heavy atom. The van der Waals surface area contributed by atoms with Crippen LogP contribution in [0.2, 0.25) is 0 Å². The number of hydrogen-bond donors (Lipinski definition) is 1. The minimum absolute atomic E-state index is 0.149. The monoisotopic (exact) mass is 214 g/mol. The number of aromatic nitrogens is 1. The second-order valence-electron chi connectivity index (χ2n) is 2.82. The number of carbonyl (C=O) groups is 1. The van der Waals surface area contributed by atoms with Gasteiger partial charge in [0.25, 0.3) is 0 Å². The maximum absolute atomic E-state index is 10.7. The molecule has 0 aliphatic rings. The van der Waals surface area contributed by atoms with Crippen molar-refractivity contribution in [1.82, 2.24) is 10.3 Å². The van der Waals surface area contributed by atoms with Gasteiger partial charge in [-0.15, -0.1) is 11.3 Å². The Balaban J connectivity index is 1.97. The van der Waals surface area contributed by atoms with Gasteiger partial charge in [0.15, 0.2) is 0 Å². The molecule has 0 saturated heterocycles. The first-order chi connectivity index (χ1) is 6.83. The number of ether oxygens (including phenoxy) is 1. The first-order valence-electron chi connectivity index (χ1n) is 4.48. The molecule has 0 aliphatic carbocycles. The van der Waals surface area contributed by atoms with Crippen molar-refractivity contribution in [2.24, 2.45) is 0 Å². The van der Waals surface area contributed by atoms with Crippen molar-refractivity contribution in [3.8, 4) is 0 Å². The third-order valence-corrected chi connectivity index (χ3v) is 2.52. The van der Waals surface area contributed by atoms with E-state index in [1.54, 1.807) is 11.3 Å². The third-order valence-electron chi connectivity index (χ3n) is 1.74. The largest absolute Gasteiger partial charge is 0.469 e. The predicted octanol–water partition coefficient (Wildman–Crippen LogP) is 1.19. The van der Waals surface area contributed by atoms with Gasteiger partial charge >= 0.3 is 5.97 Å². The highest BCUT2D eigenvalue weighted by Crippen LogP contribution is 2.03. The van der Waals surface area contributed by atoms with Crippen LogP contribution in [-0.4, -0.2) is 24.6 Å². The van der Waals surface area contributed by atoms with Crippen LogP contribution in [0.15, 0.2) is 11.7 Å². The van der Waals surface area contributed by atoms with Crippen LogP contribution in [0.1, 0.15) is 17.7 Å². The van der Waals surface area contributed by atoms with Crippen LogP contribution in [0.25, 0.3) is 0 Å². The molecule has 0 atom stereocenters. The van der Waals surface area contributed by atoms with Gasteiger partial charge in [-0.25, -0.2) is 0 Å². The molecule has 78 valence electrons. The average molecular weight is 214 g/mol. The molecule has 0 saturated carbocycles. The zero-order valence-corrected chi connectivity index (χ0v) is 8.97. The summed E-state index contributed by atoms with van der Waals surface area (Å²) in [6.07, 6.45) is 3.13. The zero-order chi connectivity index (χ0) is 10.2. The molecule has 0 spiro atoms. The number of rotatable bonds is 6. The minimum atomic E-state index is -0.149. The number of hydrogen-bond acceptors (Lipinski definition) is 5. The Labute approximate surface area is 87.3 Å². The lowest BCUT2D eigenvalue weighted by molar-refractivity contribution is -0.140. The van der Waals surface area contributed by atoms with Crippen LogP contribution >= 0.6 is 11.3 Å². The van der Waals surface area contributed by atoms with Crippen molar-refractivity contribution in [2.45, 2.75) is 19.4 Å². The third kappa shape index (κ3) is 4.34. The predicted molar refractivity (Wildman–Crippen MR) is 55.1 cm³/mol. The van der Waals surface area contributed by atoms with E-state index in [2.05, 4.69) is 15.0 Å². The molecule has 1 heterocycles. The molecule has 0 unspecified atom stereocenters. The van der Waals surface area contributed by atoms with Gasteiger partial charge in [-0.3, -0.25) is 9.78 Å². The molecule has 0 fully saturated rings. The first kappa shape index (κ1) is 11.1. The van der Waals surface area contributed by atoms with Crippen LogP contribution in [0, 0.1) is 0 Å². The molecule has 14 heavy (non-hydrogen) atoms. The normalized spacial score (nSPS) is 10.1. The van der Waals surface area contributed by atoms with E-state index in [-0.39, 0.29) is 5.97 Å². The Bertz CT molecular complexity index is 262. The Kier molecular flexibility index (Phi) is 5.17. The summed E-state index contributed by atoms with van der Waals surface area (Å²) in [5.74, 6) is -0.149. The van der Waals surface area contributed by atoms with Crippen LogP contribution < -0.4 is 5.32 Å². The summed E-state index contributed by atoms with van der Waals surface area (Å²) in [4.78, 5) is 15.9. The van der Waals surface area contributed by atoms with Crippen molar-refractivity contribution < 1.29 is 9.53 Å². The Morgan fingerprint density at radius 2 is 2.57 bits per heavy atom. The van der Waals surface area contributed by atoms with Crippen LogP contribution in [-0.2, 0) is 16.1 Å². The highest BCUT2D eigenvalue weighted by atomic mass is 32.1. The van der Waals surface area contributed by atoms with Crippen LogP contribution in [0.5, 0.6) is 0 Å². The van der Waals surface area contributed by atoms with Gasteiger partial charge in [-0.05, 0) is 13.0 Å². The van der Waals surface area contributed by atoms with Gasteiger partial charge in [0.1, 0.15) is 0 Å². The van der Waals surface area contributed by atoms with Crippen LogP contribution in [0.3, 0.4) is 0 Å².